The monoisotopic (exact) mass is 302 g/mol. The van der Waals surface area contributed by atoms with Gasteiger partial charge < -0.3 is 4.74 Å². The van der Waals surface area contributed by atoms with Crippen LogP contribution in [0.2, 0.25) is 0 Å². The lowest BCUT2D eigenvalue weighted by Gasteiger charge is -2.08. The van der Waals surface area contributed by atoms with Gasteiger partial charge in [-0.3, -0.25) is 4.68 Å². The lowest BCUT2D eigenvalue weighted by atomic mass is 10.1. The Balaban J connectivity index is 1.99. The Hall–Kier alpha value is -1.92. The third kappa shape index (κ3) is 4.54. The van der Waals surface area contributed by atoms with Gasteiger partial charge in [0.25, 0.3) is 0 Å². The molecule has 1 aromatic heterocycles. The van der Waals surface area contributed by atoms with Crippen molar-refractivity contribution in [2.45, 2.75) is 33.4 Å². The van der Waals surface area contributed by atoms with Crippen LogP contribution in [0.25, 0.3) is 0 Å². The lowest BCUT2D eigenvalue weighted by Crippen LogP contribution is -1.97. The minimum Gasteiger partial charge on any atom is -0.489 e. The van der Waals surface area contributed by atoms with E-state index in [1.165, 1.54) is 0 Å². The summed E-state index contributed by atoms with van der Waals surface area (Å²) in [6.07, 6.45) is 4.55. The van der Waals surface area contributed by atoms with Crippen molar-refractivity contribution < 1.29 is 4.74 Å². The van der Waals surface area contributed by atoms with Gasteiger partial charge in [0.15, 0.2) is 0 Å². The molecule has 0 saturated heterocycles. The van der Waals surface area contributed by atoms with Gasteiger partial charge in [0.05, 0.1) is 6.20 Å². The Labute approximate surface area is 130 Å². The van der Waals surface area contributed by atoms with Crippen LogP contribution in [0.5, 0.6) is 5.75 Å². The van der Waals surface area contributed by atoms with Crippen molar-refractivity contribution >= 4 is 11.6 Å². The van der Waals surface area contributed by atoms with Crippen molar-refractivity contribution in [1.29, 1.82) is 0 Å². The van der Waals surface area contributed by atoms with E-state index in [0.29, 0.717) is 18.9 Å². The van der Waals surface area contributed by atoms with Gasteiger partial charge in [-0.1, -0.05) is 11.8 Å². The molecule has 3 nitrogen and oxygen atoms in total. The second-order valence-electron chi connectivity index (χ2n) is 4.71. The van der Waals surface area contributed by atoms with Gasteiger partial charge in [0, 0.05) is 36.2 Å². The first kappa shape index (κ1) is 15.5. The van der Waals surface area contributed by atoms with E-state index in [2.05, 4.69) is 23.9 Å². The molecule has 0 spiro atoms. The number of alkyl halides is 1. The van der Waals surface area contributed by atoms with Crippen LogP contribution in [-0.4, -0.2) is 15.7 Å². The Morgan fingerprint density at radius 1 is 1.38 bits per heavy atom. The second kappa shape index (κ2) is 7.75. The molecule has 110 valence electrons. The highest BCUT2D eigenvalue weighted by Crippen LogP contribution is 2.20. The average molecular weight is 303 g/mol. The fourth-order valence-electron chi connectivity index (χ4n) is 1.92. The van der Waals surface area contributed by atoms with E-state index in [-0.39, 0.29) is 0 Å². The van der Waals surface area contributed by atoms with Crippen LogP contribution in [-0.2, 0) is 13.2 Å². The molecule has 4 heteroatoms. The molecule has 0 radical (unpaired) electrons. The quantitative estimate of drug-likeness (QED) is 0.621. The standard InChI is InChI=1S/C17H19ClN2O/c1-3-20-12-16(11-19-20)13-21-17-8-7-15(10-14(17)2)6-4-5-9-18/h7-8,10-12H,3,5,9,13H2,1-2H3. The highest BCUT2D eigenvalue weighted by Gasteiger charge is 2.03. The molecule has 0 amide bonds. The molecule has 0 atom stereocenters. The number of aromatic nitrogens is 2. The number of hydrogen-bond donors (Lipinski definition) is 0. The Bertz CT molecular complexity index is 652. The number of rotatable bonds is 5. The third-order valence-electron chi connectivity index (χ3n) is 3.03. The van der Waals surface area contributed by atoms with Crippen molar-refractivity contribution in [2.24, 2.45) is 0 Å². The number of aryl methyl sites for hydroxylation is 2. The molecule has 0 aliphatic heterocycles. The van der Waals surface area contributed by atoms with Crippen molar-refractivity contribution in [2.75, 3.05) is 5.88 Å². The van der Waals surface area contributed by atoms with Crippen LogP contribution in [0.3, 0.4) is 0 Å². The van der Waals surface area contributed by atoms with Gasteiger partial charge >= 0.3 is 0 Å². The molecule has 0 aliphatic rings. The van der Waals surface area contributed by atoms with Gasteiger partial charge in [-0.05, 0) is 37.6 Å². The molecule has 0 saturated carbocycles. The van der Waals surface area contributed by atoms with Crippen LogP contribution in [0.15, 0.2) is 30.6 Å². The molecule has 21 heavy (non-hydrogen) atoms. The summed E-state index contributed by atoms with van der Waals surface area (Å²) < 4.78 is 7.73. The number of benzene rings is 1. The van der Waals surface area contributed by atoms with E-state index in [1.807, 2.05) is 42.2 Å². The molecule has 1 heterocycles. The zero-order chi connectivity index (χ0) is 15.1. The summed E-state index contributed by atoms with van der Waals surface area (Å²) in [5.74, 6) is 7.57. The maximum Gasteiger partial charge on any atom is 0.122 e. The van der Waals surface area contributed by atoms with Crippen LogP contribution in [0, 0.1) is 18.8 Å². The fourth-order valence-corrected chi connectivity index (χ4v) is 2.01. The minimum absolute atomic E-state index is 0.526. The zero-order valence-electron chi connectivity index (χ0n) is 12.4. The normalized spacial score (nSPS) is 10.0. The van der Waals surface area contributed by atoms with Crippen molar-refractivity contribution in [3.8, 4) is 17.6 Å². The maximum absolute atomic E-state index is 5.84. The first-order chi connectivity index (χ1) is 10.2. The van der Waals surface area contributed by atoms with Gasteiger partial charge in [-0.15, -0.1) is 11.6 Å². The second-order valence-corrected chi connectivity index (χ2v) is 5.09. The molecule has 0 fully saturated rings. The molecular formula is C17H19ClN2O. The topological polar surface area (TPSA) is 27.1 Å². The van der Waals surface area contributed by atoms with Gasteiger partial charge in [0.1, 0.15) is 12.4 Å². The minimum atomic E-state index is 0.526. The number of nitrogens with zero attached hydrogens (tertiary/aromatic N) is 2. The van der Waals surface area contributed by atoms with E-state index >= 15 is 0 Å². The fraction of sp³-hybridized carbons (Fsp3) is 0.353. The van der Waals surface area contributed by atoms with Gasteiger partial charge in [-0.25, -0.2) is 0 Å². The van der Waals surface area contributed by atoms with Crippen LogP contribution in [0.1, 0.15) is 30.0 Å². The highest BCUT2D eigenvalue weighted by atomic mass is 35.5. The maximum atomic E-state index is 5.84. The van der Waals surface area contributed by atoms with Crippen LogP contribution in [0.4, 0.5) is 0 Å². The molecular weight excluding hydrogens is 284 g/mol. The number of halogens is 1. The zero-order valence-corrected chi connectivity index (χ0v) is 13.2. The largest absolute Gasteiger partial charge is 0.489 e. The smallest absolute Gasteiger partial charge is 0.122 e. The van der Waals surface area contributed by atoms with E-state index in [1.54, 1.807) is 0 Å². The summed E-state index contributed by atoms with van der Waals surface area (Å²) >= 11 is 5.61. The molecule has 0 N–H and O–H groups in total. The predicted octanol–water partition coefficient (Wildman–Crippen LogP) is 3.77. The summed E-state index contributed by atoms with van der Waals surface area (Å²) in [5, 5.41) is 4.23. The first-order valence-electron chi connectivity index (χ1n) is 7.02. The summed E-state index contributed by atoms with van der Waals surface area (Å²) in [5.41, 5.74) is 3.14. The van der Waals surface area contributed by atoms with E-state index < -0.39 is 0 Å². The molecule has 0 unspecified atom stereocenters. The first-order valence-corrected chi connectivity index (χ1v) is 7.56. The van der Waals surface area contributed by atoms with E-state index in [4.69, 9.17) is 16.3 Å². The molecule has 1 aromatic carbocycles. The Morgan fingerprint density at radius 3 is 2.90 bits per heavy atom. The SMILES string of the molecule is CCn1cc(COc2ccc(C#CCCCl)cc2C)cn1. The lowest BCUT2D eigenvalue weighted by molar-refractivity contribution is 0.304. The number of hydrogen-bond acceptors (Lipinski definition) is 2. The van der Waals surface area contributed by atoms with Crippen molar-refractivity contribution in [1.82, 2.24) is 9.78 Å². The van der Waals surface area contributed by atoms with Crippen molar-refractivity contribution in [3.63, 3.8) is 0 Å². The summed E-state index contributed by atoms with van der Waals surface area (Å²) in [4.78, 5) is 0. The Morgan fingerprint density at radius 2 is 2.24 bits per heavy atom. The van der Waals surface area contributed by atoms with Gasteiger partial charge in [-0.2, -0.15) is 5.10 Å². The average Bonchev–Trinajstić information content (AvgIpc) is 2.95. The molecule has 0 bridgehead atoms. The third-order valence-corrected chi connectivity index (χ3v) is 3.22. The van der Waals surface area contributed by atoms with Crippen molar-refractivity contribution in [3.05, 3.63) is 47.3 Å². The highest BCUT2D eigenvalue weighted by molar-refractivity contribution is 6.18. The van der Waals surface area contributed by atoms with Crippen LogP contribution < -0.4 is 4.74 Å². The molecule has 2 rings (SSSR count). The molecule has 0 aliphatic carbocycles. The summed E-state index contributed by atoms with van der Waals surface area (Å²) in [6.45, 7) is 5.48. The molecule has 2 aromatic rings. The van der Waals surface area contributed by atoms with E-state index in [0.717, 1.165) is 29.0 Å². The summed E-state index contributed by atoms with van der Waals surface area (Å²) in [6, 6.07) is 5.97. The number of ether oxygens (including phenoxy) is 1. The predicted molar refractivity (Wildman–Crippen MR) is 85.6 cm³/mol. The summed E-state index contributed by atoms with van der Waals surface area (Å²) in [7, 11) is 0. The Kier molecular flexibility index (Phi) is 5.71. The van der Waals surface area contributed by atoms with Gasteiger partial charge in [0.2, 0.25) is 0 Å². The van der Waals surface area contributed by atoms with E-state index in [9.17, 15) is 0 Å². The van der Waals surface area contributed by atoms with Crippen LogP contribution >= 0.6 is 11.6 Å².